The van der Waals surface area contributed by atoms with Crippen LogP contribution in [0.2, 0.25) is 0 Å². The summed E-state index contributed by atoms with van der Waals surface area (Å²) >= 11 is 4.61. The smallest absolute Gasteiger partial charge is 0.261 e. The van der Waals surface area contributed by atoms with Gasteiger partial charge in [0.25, 0.3) is 11.5 Å². The Balaban J connectivity index is 1.73. The molecule has 0 fully saturated rings. The molecular weight excluding hydrogens is 370 g/mol. The number of nitrogens with one attached hydrogen (secondary N) is 2. The zero-order valence-electron chi connectivity index (χ0n) is 11.5. The standard InChI is InChI=1S/C14H14BrN3O3S/c15-10-3-4-13(20)18(8-10)9-12(19)16-5-6-17-14(21)11-2-1-7-22-11/h1-4,7-8H,5-6,9H2,(H,16,19)(H,17,21). The summed E-state index contributed by atoms with van der Waals surface area (Å²) in [6, 6.07) is 6.55. The molecule has 2 rings (SSSR count). The van der Waals surface area contributed by atoms with Gasteiger partial charge >= 0.3 is 0 Å². The molecule has 0 unspecified atom stereocenters. The van der Waals surface area contributed by atoms with Gasteiger partial charge in [0.05, 0.1) is 4.88 Å². The Morgan fingerprint density at radius 3 is 2.68 bits per heavy atom. The molecule has 0 aliphatic heterocycles. The maximum Gasteiger partial charge on any atom is 0.261 e. The van der Waals surface area contributed by atoms with Crippen LogP contribution in [0.3, 0.4) is 0 Å². The maximum absolute atomic E-state index is 11.8. The summed E-state index contributed by atoms with van der Waals surface area (Å²) in [6.07, 6.45) is 1.56. The Kier molecular flexibility index (Phi) is 5.91. The number of hydrogen-bond acceptors (Lipinski definition) is 4. The van der Waals surface area contributed by atoms with Crippen LogP contribution in [0.4, 0.5) is 0 Å². The zero-order valence-corrected chi connectivity index (χ0v) is 13.9. The number of nitrogens with zero attached hydrogens (tertiary/aromatic N) is 1. The molecule has 0 saturated heterocycles. The monoisotopic (exact) mass is 383 g/mol. The summed E-state index contributed by atoms with van der Waals surface area (Å²) in [6.45, 7) is 0.575. The van der Waals surface area contributed by atoms with Crippen LogP contribution in [0.15, 0.2) is 45.1 Å². The van der Waals surface area contributed by atoms with Crippen molar-refractivity contribution in [3.8, 4) is 0 Å². The van der Waals surface area contributed by atoms with Crippen molar-refractivity contribution < 1.29 is 9.59 Å². The van der Waals surface area contributed by atoms with Gasteiger partial charge in [-0.1, -0.05) is 6.07 Å². The minimum Gasteiger partial charge on any atom is -0.353 e. The Morgan fingerprint density at radius 2 is 1.95 bits per heavy atom. The molecule has 6 nitrogen and oxygen atoms in total. The van der Waals surface area contributed by atoms with Crippen molar-refractivity contribution in [3.05, 3.63) is 55.5 Å². The molecule has 2 aromatic heterocycles. The molecule has 2 aromatic rings. The first-order valence-corrected chi connectivity index (χ1v) is 8.18. The lowest BCUT2D eigenvalue weighted by Gasteiger charge is -2.08. The Bertz CT molecular complexity index is 712. The van der Waals surface area contributed by atoms with Crippen molar-refractivity contribution in [3.63, 3.8) is 0 Å². The van der Waals surface area contributed by atoms with Crippen LogP contribution in [0.25, 0.3) is 0 Å². The average molecular weight is 384 g/mol. The molecule has 0 aromatic carbocycles. The van der Waals surface area contributed by atoms with Crippen LogP contribution >= 0.6 is 27.3 Å². The quantitative estimate of drug-likeness (QED) is 0.735. The fourth-order valence-electron chi connectivity index (χ4n) is 1.71. The third kappa shape index (κ3) is 4.81. The number of thiophene rings is 1. The van der Waals surface area contributed by atoms with E-state index >= 15 is 0 Å². The lowest BCUT2D eigenvalue weighted by molar-refractivity contribution is -0.121. The largest absolute Gasteiger partial charge is 0.353 e. The highest BCUT2D eigenvalue weighted by atomic mass is 79.9. The SMILES string of the molecule is O=C(Cn1cc(Br)ccc1=O)NCCNC(=O)c1cccs1. The summed E-state index contributed by atoms with van der Waals surface area (Å²) in [7, 11) is 0. The number of pyridine rings is 1. The summed E-state index contributed by atoms with van der Waals surface area (Å²) in [5.74, 6) is -0.446. The molecule has 0 aliphatic rings. The highest BCUT2D eigenvalue weighted by Gasteiger charge is 2.07. The van der Waals surface area contributed by atoms with Crippen molar-refractivity contribution in [1.29, 1.82) is 0 Å². The molecule has 0 aliphatic carbocycles. The Morgan fingerprint density at radius 1 is 1.18 bits per heavy atom. The van der Waals surface area contributed by atoms with E-state index in [9.17, 15) is 14.4 Å². The van der Waals surface area contributed by atoms with E-state index in [1.165, 1.54) is 22.0 Å². The van der Waals surface area contributed by atoms with Crippen molar-refractivity contribution in [2.24, 2.45) is 0 Å². The molecule has 0 atom stereocenters. The van der Waals surface area contributed by atoms with Gasteiger partial charge in [0, 0.05) is 29.8 Å². The van der Waals surface area contributed by atoms with E-state index in [0.717, 1.165) is 4.47 Å². The molecule has 0 radical (unpaired) electrons. The third-order valence-corrected chi connectivity index (χ3v) is 4.08. The summed E-state index contributed by atoms with van der Waals surface area (Å²) < 4.78 is 2.03. The van der Waals surface area contributed by atoms with Gasteiger partial charge in [-0.05, 0) is 33.4 Å². The molecular formula is C14H14BrN3O3S. The van der Waals surface area contributed by atoms with E-state index in [-0.39, 0.29) is 23.9 Å². The number of amides is 2. The minimum atomic E-state index is -0.287. The van der Waals surface area contributed by atoms with E-state index in [4.69, 9.17) is 0 Å². The Labute approximate surface area is 139 Å². The number of carbonyl (C=O) groups excluding carboxylic acids is 2. The lowest BCUT2D eigenvalue weighted by atomic mass is 10.4. The second-order valence-corrected chi connectivity index (χ2v) is 6.26. The first-order chi connectivity index (χ1) is 10.6. The Hall–Kier alpha value is -1.93. The number of aromatic nitrogens is 1. The van der Waals surface area contributed by atoms with Crippen LogP contribution in [0, 0.1) is 0 Å². The van der Waals surface area contributed by atoms with Crippen LogP contribution in [-0.2, 0) is 11.3 Å². The van der Waals surface area contributed by atoms with Crippen LogP contribution in [0.5, 0.6) is 0 Å². The minimum absolute atomic E-state index is 0.0584. The highest BCUT2D eigenvalue weighted by Crippen LogP contribution is 2.07. The third-order valence-electron chi connectivity index (χ3n) is 2.74. The van der Waals surface area contributed by atoms with Crippen LogP contribution in [0.1, 0.15) is 9.67 Å². The van der Waals surface area contributed by atoms with Gasteiger partial charge in [-0.15, -0.1) is 11.3 Å². The second-order valence-electron chi connectivity index (χ2n) is 4.40. The summed E-state index contributed by atoms with van der Waals surface area (Å²) in [5.41, 5.74) is -0.246. The fourth-order valence-corrected chi connectivity index (χ4v) is 2.73. The predicted molar refractivity (Wildman–Crippen MR) is 88.1 cm³/mol. The van der Waals surface area contributed by atoms with Crippen molar-refractivity contribution in [2.75, 3.05) is 13.1 Å². The van der Waals surface area contributed by atoms with E-state index in [1.54, 1.807) is 24.4 Å². The summed E-state index contributed by atoms with van der Waals surface area (Å²) in [4.78, 5) is 35.6. The molecule has 0 saturated carbocycles. The second kappa shape index (κ2) is 7.90. The molecule has 2 N–H and O–H groups in total. The molecule has 2 amide bonds. The van der Waals surface area contributed by atoms with Gasteiger partial charge in [-0.3, -0.25) is 14.4 Å². The van der Waals surface area contributed by atoms with E-state index in [1.807, 2.05) is 5.38 Å². The van der Waals surface area contributed by atoms with E-state index < -0.39 is 0 Å². The first-order valence-electron chi connectivity index (χ1n) is 6.50. The first kappa shape index (κ1) is 16.4. The van der Waals surface area contributed by atoms with E-state index in [2.05, 4.69) is 26.6 Å². The number of halogens is 1. The number of hydrogen-bond donors (Lipinski definition) is 2. The summed E-state index contributed by atoms with van der Waals surface area (Å²) in [5, 5.41) is 7.18. The fraction of sp³-hybridized carbons (Fsp3) is 0.214. The van der Waals surface area contributed by atoms with Gasteiger partial charge in [-0.2, -0.15) is 0 Å². The lowest BCUT2D eigenvalue weighted by Crippen LogP contribution is -2.37. The predicted octanol–water partition coefficient (Wildman–Crippen LogP) is 1.22. The van der Waals surface area contributed by atoms with E-state index in [0.29, 0.717) is 18.0 Å². The van der Waals surface area contributed by atoms with Crippen molar-refractivity contribution >= 4 is 39.1 Å². The van der Waals surface area contributed by atoms with Crippen LogP contribution < -0.4 is 16.2 Å². The zero-order chi connectivity index (χ0) is 15.9. The molecule has 8 heteroatoms. The maximum atomic E-state index is 11.8. The van der Waals surface area contributed by atoms with Crippen molar-refractivity contribution in [2.45, 2.75) is 6.54 Å². The van der Waals surface area contributed by atoms with Gasteiger partial charge in [-0.25, -0.2) is 0 Å². The van der Waals surface area contributed by atoms with Gasteiger partial charge < -0.3 is 15.2 Å². The average Bonchev–Trinajstić information content (AvgIpc) is 3.01. The molecule has 0 spiro atoms. The van der Waals surface area contributed by atoms with Gasteiger partial charge in [0.2, 0.25) is 5.91 Å². The molecule has 116 valence electrons. The number of rotatable bonds is 6. The topological polar surface area (TPSA) is 80.2 Å². The van der Waals surface area contributed by atoms with Gasteiger partial charge in [0.15, 0.2) is 0 Å². The van der Waals surface area contributed by atoms with Crippen LogP contribution in [-0.4, -0.2) is 29.5 Å². The van der Waals surface area contributed by atoms with Crippen molar-refractivity contribution in [1.82, 2.24) is 15.2 Å². The normalized spacial score (nSPS) is 10.2. The number of carbonyl (C=O) groups is 2. The molecule has 22 heavy (non-hydrogen) atoms. The highest BCUT2D eigenvalue weighted by molar-refractivity contribution is 9.10. The molecule has 0 bridgehead atoms. The van der Waals surface area contributed by atoms with Gasteiger partial charge in [0.1, 0.15) is 6.54 Å². The molecule has 2 heterocycles.